The molecule has 2 aromatic rings. The van der Waals surface area contributed by atoms with Gasteiger partial charge in [-0.05, 0) is 42.7 Å². The lowest BCUT2D eigenvalue weighted by Crippen LogP contribution is -2.24. The zero-order valence-corrected chi connectivity index (χ0v) is 14.7. The number of carbonyl (C=O) groups is 1. The summed E-state index contributed by atoms with van der Waals surface area (Å²) in [6, 6.07) is 13.6. The predicted molar refractivity (Wildman–Crippen MR) is 95.7 cm³/mol. The van der Waals surface area contributed by atoms with Gasteiger partial charge in [-0.3, -0.25) is 4.79 Å². The number of benzene rings is 2. The zero-order valence-electron chi connectivity index (χ0n) is 13.9. The Morgan fingerprint density at radius 3 is 2.50 bits per heavy atom. The SMILES string of the molecule is CCCNS(=O)(=O)c1cccc(C(=O)Nc2ccccc2CC)c1. The van der Waals surface area contributed by atoms with Crippen LogP contribution in [0, 0.1) is 0 Å². The largest absolute Gasteiger partial charge is 0.322 e. The minimum Gasteiger partial charge on any atom is -0.322 e. The fourth-order valence-electron chi connectivity index (χ4n) is 2.27. The molecule has 6 heteroatoms. The molecule has 5 nitrogen and oxygen atoms in total. The van der Waals surface area contributed by atoms with Crippen LogP contribution in [0.3, 0.4) is 0 Å². The zero-order chi connectivity index (χ0) is 17.6. The first kappa shape index (κ1) is 18.2. The van der Waals surface area contributed by atoms with Crippen LogP contribution in [0.15, 0.2) is 53.4 Å². The molecule has 0 aliphatic carbocycles. The molecule has 1 amide bonds. The molecule has 0 spiro atoms. The average Bonchev–Trinajstić information content (AvgIpc) is 2.60. The number of carbonyl (C=O) groups excluding carboxylic acids is 1. The highest BCUT2D eigenvalue weighted by Crippen LogP contribution is 2.18. The van der Waals surface area contributed by atoms with E-state index in [1.165, 1.54) is 12.1 Å². The maximum atomic E-state index is 12.4. The van der Waals surface area contributed by atoms with Gasteiger partial charge in [-0.1, -0.05) is 38.1 Å². The summed E-state index contributed by atoms with van der Waals surface area (Å²) in [7, 11) is -3.59. The first-order valence-corrected chi connectivity index (χ1v) is 9.45. The Morgan fingerprint density at radius 1 is 1.04 bits per heavy atom. The maximum Gasteiger partial charge on any atom is 0.255 e. The van der Waals surface area contributed by atoms with Crippen molar-refractivity contribution >= 4 is 21.6 Å². The van der Waals surface area contributed by atoms with E-state index in [4.69, 9.17) is 0 Å². The van der Waals surface area contributed by atoms with Crippen LogP contribution in [-0.4, -0.2) is 20.9 Å². The molecule has 0 bridgehead atoms. The minimum atomic E-state index is -3.59. The Labute approximate surface area is 143 Å². The van der Waals surface area contributed by atoms with Crippen LogP contribution in [0.2, 0.25) is 0 Å². The minimum absolute atomic E-state index is 0.0902. The first-order valence-electron chi connectivity index (χ1n) is 7.97. The van der Waals surface area contributed by atoms with E-state index in [0.717, 1.165) is 17.7 Å². The monoisotopic (exact) mass is 346 g/mol. The van der Waals surface area contributed by atoms with Crippen LogP contribution in [0.25, 0.3) is 0 Å². The molecular formula is C18H22N2O3S. The van der Waals surface area contributed by atoms with E-state index < -0.39 is 10.0 Å². The van der Waals surface area contributed by atoms with Gasteiger partial charge < -0.3 is 5.32 Å². The van der Waals surface area contributed by atoms with Crippen molar-refractivity contribution in [1.82, 2.24) is 4.72 Å². The van der Waals surface area contributed by atoms with E-state index in [0.29, 0.717) is 18.5 Å². The molecule has 0 aliphatic heterocycles. The molecule has 0 atom stereocenters. The summed E-state index contributed by atoms with van der Waals surface area (Å²) < 4.78 is 26.9. The molecule has 0 saturated heterocycles. The summed E-state index contributed by atoms with van der Waals surface area (Å²) in [4.78, 5) is 12.5. The van der Waals surface area contributed by atoms with E-state index in [1.54, 1.807) is 12.1 Å². The summed E-state index contributed by atoms with van der Waals surface area (Å²) in [6.07, 6.45) is 1.50. The lowest BCUT2D eigenvalue weighted by molar-refractivity contribution is 0.102. The van der Waals surface area contributed by atoms with Crippen molar-refractivity contribution in [1.29, 1.82) is 0 Å². The molecule has 2 aromatic carbocycles. The van der Waals surface area contributed by atoms with Gasteiger partial charge in [0.1, 0.15) is 0 Å². The van der Waals surface area contributed by atoms with Crippen molar-refractivity contribution in [2.24, 2.45) is 0 Å². The first-order chi connectivity index (χ1) is 11.5. The van der Waals surface area contributed by atoms with Gasteiger partial charge >= 0.3 is 0 Å². The Morgan fingerprint density at radius 2 is 1.79 bits per heavy atom. The number of amides is 1. The van der Waals surface area contributed by atoms with Gasteiger partial charge in [0.15, 0.2) is 0 Å². The molecule has 0 fully saturated rings. The number of hydrogen-bond donors (Lipinski definition) is 2. The highest BCUT2D eigenvalue weighted by molar-refractivity contribution is 7.89. The Bertz CT molecular complexity index is 817. The van der Waals surface area contributed by atoms with Crippen molar-refractivity contribution in [2.45, 2.75) is 31.6 Å². The molecular weight excluding hydrogens is 324 g/mol. The standard InChI is InChI=1S/C18H22N2O3S/c1-3-12-19-24(22,23)16-10-7-9-15(13-16)18(21)20-17-11-6-5-8-14(17)4-2/h5-11,13,19H,3-4,12H2,1-2H3,(H,20,21). The lowest BCUT2D eigenvalue weighted by atomic mass is 10.1. The fourth-order valence-corrected chi connectivity index (χ4v) is 3.45. The van der Waals surface area contributed by atoms with Crippen LogP contribution in [0.4, 0.5) is 5.69 Å². The molecule has 2 N–H and O–H groups in total. The maximum absolute atomic E-state index is 12.4. The van der Waals surface area contributed by atoms with Gasteiger partial charge in [-0.2, -0.15) is 0 Å². The number of sulfonamides is 1. The van der Waals surface area contributed by atoms with Crippen molar-refractivity contribution in [3.05, 3.63) is 59.7 Å². The van der Waals surface area contributed by atoms with Crippen LogP contribution in [0.1, 0.15) is 36.2 Å². The summed E-state index contributed by atoms with van der Waals surface area (Å²) in [5.41, 5.74) is 2.07. The normalized spacial score (nSPS) is 11.2. The third-order valence-corrected chi connectivity index (χ3v) is 5.05. The topological polar surface area (TPSA) is 75.3 Å². The van der Waals surface area contributed by atoms with Crippen LogP contribution < -0.4 is 10.0 Å². The smallest absolute Gasteiger partial charge is 0.255 e. The van der Waals surface area contributed by atoms with E-state index in [1.807, 2.05) is 38.1 Å². The number of hydrogen-bond acceptors (Lipinski definition) is 3. The summed E-state index contributed by atoms with van der Waals surface area (Å²) in [5.74, 6) is -0.330. The molecule has 24 heavy (non-hydrogen) atoms. The quantitative estimate of drug-likeness (QED) is 0.808. The van der Waals surface area contributed by atoms with E-state index in [-0.39, 0.29) is 10.8 Å². The molecule has 0 unspecified atom stereocenters. The van der Waals surface area contributed by atoms with Gasteiger partial charge in [-0.25, -0.2) is 13.1 Å². The van der Waals surface area contributed by atoms with Gasteiger partial charge in [0.25, 0.3) is 5.91 Å². The van der Waals surface area contributed by atoms with Gasteiger partial charge in [0.2, 0.25) is 10.0 Å². The Hall–Kier alpha value is -2.18. The Balaban J connectivity index is 2.23. The second-order valence-electron chi connectivity index (χ2n) is 5.39. The number of aryl methyl sites for hydroxylation is 1. The molecule has 2 rings (SSSR count). The molecule has 0 saturated carbocycles. The third kappa shape index (κ3) is 4.43. The summed E-state index contributed by atoms with van der Waals surface area (Å²) in [5, 5.41) is 2.85. The van der Waals surface area contributed by atoms with Crippen LogP contribution in [0.5, 0.6) is 0 Å². The number of para-hydroxylation sites is 1. The number of nitrogens with one attached hydrogen (secondary N) is 2. The fraction of sp³-hybridized carbons (Fsp3) is 0.278. The summed E-state index contributed by atoms with van der Waals surface area (Å²) >= 11 is 0. The van der Waals surface area contributed by atoms with Crippen LogP contribution in [-0.2, 0) is 16.4 Å². The molecule has 0 radical (unpaired) electrons. The average molecular weight is 346 g/mol. The highest BCUT2D eigenvalue weighted by atomic mass is 32.2. The van der Waals surface area contributed by atoms with Crippen molar-refractivity contribution in [3.8, 4) is 0 Å². The summed E-state index contributed by atoms with van der Waals surface area (Å²) in [6.45, 7) is 4.26. The predicted octanol–water partition coefficient (Wildman–Crippen LogP) is 3.19. The van der Waals surface area contributed by atoms with Crippen molar-refractivity contribution < 1.29 is 13.2 Å². The van der Waals surface area contributed by atoms with Crippen molar-refractivity contribution in [3.63, 3.8) is 0 Å². The van der Waals surface area contributed by atoms with E-state index in [9.17, 15) is 13.2 Å². The highest BCUT2D eigenvalue weighted by Gasteiger charge is 2.16. The molecule has 128 valence electrons. The van der Waals surface area contributed by atoms with E-state index >= 15 is 0 Å². The molecule has 0 aliphatic rings. The lowest BCUT2D eigenvalue weighted by Gasteiger charge is -2.11. The second-order valence-corrected chi connectivity index (χ2v) is 7.16. The molecule has 0 aromatic heterocycles. The van der Waals surface area contributed by atoms with Crippen LogP contribution >= 0.6 is 0 Å². The number of anilines is 1. The van der Waals surface area contributed by atoms with Gasteiger partial charge in [-0.15, -0.1) is 0 Å². The third-order valence-electron chi connectivity index (χ3n) is 3.60. The number of rotatable bonds is 7. The Kier molecular flexibility index (Phi) is 6.11. The van der Waals surface area contributed by atoms with Gasteiger partial charge in [0.05, 0.1) is 4.90 Å². The molecule has 0 heterocycles. The van der Waals surface area contributed by atoms with E-state index in [2.05, 4.69) is 10.0 Å². The van der Waals surface area contributed by atoms with Crippen molar-refractivity contribution in [2.75, 3.05) is 11.9 Å². The van der Waals surface area contributed by atoms with Gasteiger partial charge in [0, 0.05) is 17.8 Å². The second kappa shape index (κ2) is 8.08.